The Labute approximate surface area is 83.7 Å². The van der Waals surface area contributed by atoms with Gasteiger partial charge in [0.1, 0.15) is 0 Å². The van der Waals surface area contributed by atoms with Crippen molar-refractivity contribution in [2.24, 2.45) is 5.84 Å². The minimum atomic E-state index is -0.0289. The number of nitrogens with two attached hydrogens (primary N) is 1. The fourth-order valence-corrected chi connectivity index (χ4v) is 2.31. The Morgan fingerprint density at radius 1 is 1.54 bits per heavy atom. The minimum absolute atomic E-state index is 0.0289. The molecule has 0 aliphatic carbocycles. The first-order valence-corrected chi connectivity index (χ1v) is 5.30. The highest BCUT2D eigenvalue weighted by Crippen LogP contribution is 2.23. The molecule has 4 nitrogen and oxygen atoms in total. The van der Waals surface area contributed by atoms with E-state index in [0.29, 0.717) is 0 Å². The maximum atomic E-state index is 5.45. The predicted molar refractivity (Wildman–Crippen MR) is 53.4 cm³/mol. The van der Waals surface area contributed by atoms with E-state index in [-0.39, 0.29) is 6.04 Å². The van der Waals surface area contributed by atoms with E-state index in [1.807, 2.05) is 17.5 Å². The third-order valence-electron chi connectivity index (χ3n) is 1.67. The van der Waals surface area contributed by atoms with Gasteiger partial charge in [0.2, 0.25) is 0 Å². The first-order valence-electron chi connectivity index (χ1n) is 3.69. The topological polar surface area (TPSA) is 63.8 Å². The molecule has 2 aromatic heterocycles. The summed E-state index contributed by atoms with van der Waals surface area (Å²) in [4.78, 5) is 1.15. The van der Waals surface area contributed by atoms with E-state index in [0.717, 1.165) is 10.6 Å². The molecular formula is C7H8N4S2. The van der Waals surface area contributed by atoms with Gasteiger partial charge in [-0.1, -0.05) is 6.07 Å². The summed E-state index contributed by atoms with van der Waals surface area (Å²) in [5, 5.41) is 2.01. The van der Waals surface area contributed by atoms with Crippen LogP contribution in [0.5, 0.6) is 0 Å². The monoisotopic (exact) mass is 212 g/mol. The number of nitrogens with zero attached hydrogens (tertiary/aromatic N) is 2. The SMILES string of the molecule is NNC(c1cnsn1)c1cccs1. The van der Waals surface area contributed by atoms with E-state index in [1.165, 1.54) is 11.7 Å². The van der Waals surface area contributed by atoms with Gasteiger partial charge in [0.25, 0.3) is 0 Å². The van der Waals surface area contributed by atoms with Crippen LogP contribution >= 0.6 is 23.1 Å². The molecule has 6 heteroatoms. The Kier molecular flexibility index (Phi) is 2.65. The molecule has 1 atom stereocenters. The van der Waals surface area contributed by atoms with Crippen LogP contribution in [0.15, 0.2) is 23.7 Å². The fraction of sp³-hybridized carbons (Fsp3) is 0.143. The molecule has 0 fully saturated rings. The van der Waals surface area contributed by atoms with Crippen LogP contribution in [-0.2, 0) is 0 Å². The lowest BCUT2D eigenvalue weighted by Gasteiger charge is -2.09. The van der Waals surface area contributed by atoms with Crippen LogP contribution in [0.1, 0.15) is 16.6 Å². The van der Waals surface area contributed by atoms with Crippen molar-refractivity contribution in [1.29, 1.82) is 0 Å². The molecule has 0 aliphatic rings. The molecule has 0 aromatic carbocycles. The fourth-order valence-electron chi connectivity index (χ4n) is 1.07. The third kappa shape index (κ3) is 1.75. The summed E-state index contributed by atoms with van der Waals surface area (Å²) < 4.78 is 8.08. The van der Waals surface area contributed by atoms with Gasteiger partial charge in [0.15, 0.2) is 0 Å². The second kappa shape index (κ2) is 3.93. The largest absolute Gasteiger partial charge is 0.270 e. The van der Waals surface area contributed by atoms with Crippen LogP contribution in [0.25, 0.3) is 0 Å². The smallest absolute Gasteiger partial charge is 0.1000 e. The van der Waals surface area contributed by atoms with Crippen molar-refractivity contribution in [2.45, 2.75) is 6.04 Å². The highest BCUT2D eigenvalue weighted by molar-refractivity contribution is 7.10. The molecule has 1 unspecified atom stereocenters. The average molecular weight is 212 g/mol. The standard InChI is InChI=1S/C7H8N4S2/c8-10-7(5-4-9-13-11-5)6-2-1-3-12-6/h1-4,7,10H,8H2. The molecule has 2 rings (SSSR count). The summed E-state index contributed by atoms with van der Waals surface area (Å²) in [5.74, 6) is 5.45. The average Bonchev–Trinajstić information content (AvgIpc) is 2.76. The van der Waals surface area contributed by atoms with E-state index < -0.39 is 0 Å². The number of thiophene rings is 1. The predicted octanol–water partition coefficient (Wildman–Crippen LogP) is 1.15. The van der Waals surface area contributed by atoms with E-state index in [9.17, 15) is 0 Å². The summed E-state index contributed by atoms with van der Waals surface area (Å²) in [5.41, 5.74) is 3.59. The Balaban J connectivity index is 2.29. The summed E-state index contributed by atoms with van der Waals surface area (Å²) in [7, 11) is 0. The molecule has 0 saturated carbocycles. The molecule has 0 radical (unpaired) electrons. The molecule has 2 heterocycles. The summed E-state index contributed by atoms with van der Waals surface area (Å²) in [6, 6.07) is 3.98. The van der Waals surface area contributed by atoms with Crippen molar-refractivity contribution in [3.63, 3.8) is 0 Å². The first kappa shape index (κ1) is 8.76. The molecule has 0 aliphatic heterocycles. The summed E-state index contributed by atoms with van der Waals surface area (Å²) >= 11 is 2.84. The van der Waals surface area contributed by atoms with E-state index in [4.69, 9.17) is 5.84 Å². The number of hydrazine groups is 1. The molecule has 0 spiro atoms. The Hall–Kier alpha value is -0.820. The minimum Gasteiger partial charge on any atom is -0.270 e. The summed E-state index contributed by atoms with van der Waals surface area (Å²) in [6.45, 7) is 0. The van der Waals surface area contributed by atoms with Crippen LogP contribution in [0.4, 0.5) is 0 Å². The molecule has 13 heavy (non-hydrogen) atoms. The van der Waals surface area contributed by atoms with E-state index in [1.54, 1.807) is 17.5 Å². The number of nitrogens with one attached hydrogen (secondary N) is 1. The van der Waals surface area contributed by atoms with Gasteiger partial charge in [-0.15, -0.1) is 11.3 Å². The lowest BCUT2D eigenvalue weighted by molar-refractivity contribution is 0.635. The zero-order valence-electron chi connectivity index (χ0n) is 6.68. The molecular weight excluding hydrogens is 204 g/mol. The van der Waals surface area contributed by atoms with Gasteiger partial charge < -0.3 is 0 Å². The van der Waals surface area contributed by atoms with E-state index in [2.05, 4.69) is 14.2 Å². The number of rotatable bonds is 3. The third-order valence-corrected chi connectivity index (χ3v) is 3.10. The zero-order chi connectivity index (χ0) is 9.10. The quantitative estimate of drug-likeness (QED) is 0.592. The van der Waals surface area contributed by atoms with Crippen molar-refractivity contribution in [1.82, 2.24) is 14.2 Å². The highest BCUT2D eigenvalue weighted by atomic mass is 32.1. The van der Waals surface area contributed by atoms with Gasteiger partial charge in [-0.25, -0.2) is 5.43 Å². The van der Waals surface area contributed by atoms with Crippen LogP contribution in [-0.4, -0.2) is 8.75 Å². The maximum absolute atomic E-state index is 5.45. The van der Waals surface area contributed by atoms with Crippen molar-refractivity contribution >= 4 is 23.1 Å². The number of hydrogen-bond acceptors (Lipinski definition) is 6. The molecule has 0 amide bonds. The van der Waals surface area contributed by atoms with Gasteiger partial charge in [-0.05, 0) is 11.4 Å². The highest BCUT2D eigenvalue weighted by Gasteiger charge is 2.15. The lowest BCUT2D eigenvalue weighted by Crippen LogP contribution is -2.28. The maximum Gasteiger partial charge on any atom is 0.1000 e. The molecule has 68 valence electrons. The van der Waals surface area contributed by atoms with Crippen molar-refractivity contribution in [3.8, 4) is 0 Å². The Bertz CT molecular complexity index is 308. The summed E-state index contributed by atoms with van der Waals surface area (Å²) in [6.07, 6.45) is 1.73. The van der Waals surface area contributed by atoms with Crippen LogP contribution in [0, 0.1) is 0 Å². The van der Waals surface area contributed by atoms with Crippen LogP contribution in [0.3, 0.4) is 0 Å². The lowest BCUT2D eigenvalue weighted by atomic mass is 10.2. The molecule has 0 saturated heterocycles. The van der Waals surface area contributed by atoms with Gasteiger partial charge in [-0.2, -0.15) is 8.75 Å². The van der Waals surface area contributed by atoms with E-state index >= 15 is 0 Å². The molecule has 2 aromatic rings. The van der Waals surface area contributed by atoms with Gasteiger partial charge >= 0.3 is 0 Å². The van der Waals surface area contributed by atoms with Crippen LogP contribution < -0.4 is 11.3 Å². The number of hydrogen-bond donors (Lipinski definition) is 2. The van der Waals surface area contributed by atoms with Gasteiger partial charge in [0.05, 0.1) is 29.7 Å². The van der Waals surface area contributed by atoms with Crippen molar-refractivity contribution in [2.75, 3.05) is 0 Å². The molecule has 3 N–H and O–H groups in total. The van der Waals surface area contributed by atoms with Gasteiger partial charge in [0, 0.05) is 4.88 Å². The second-order valence-corrected chi connectivity index (χ2v) is 3.98. The zero-order valence-corrected chi connectivity index (χ0v) is 8.31. The van der Waals surface area contributed by atoms with Gasteiger partial charge in [-0.3, -0.25) is 5.84 Å². The first-order chi connectivity index (χ1) is 6.42. The molecule has 0 bridgehead atoms. The Morgan fingerprint density at radius 3 is 3.00 bits per heavy atom. The number of aromatic nitrogens is 2. The normalized spacial score (nSPS) is 13.0. The Morgan fingerprint density at radius 2 is 2.46 bits per heavy atom. The second-order valence-electron chi connectivity index (χ2n) is 2.45. The van der Waals surface area contributed by atoms with Crippen molar-refractivity contribution < 1.29 is 0 Å². The van der Waals surface area contributed by atoms with Crippen molar-refractivity contribution in [3.05, 3.63) is 34.3 Å². The van der Waals surface area contributed by atoms with Crippen LogP contribution in [0.2, 0.25) is 0 Å².